The van der Waals surface area contributed by atoms with Crippen LogP contribution in [0.5, 0.6) is 0 Å². The normalized spacial score (nSPS) is 18.7. The van der Waals surface area contributed by atoms with Gasteiger partial charge in [-0.05, 0) is 47.0 Å². The number of nitrogens with one attached hydrogen (secondary N) is 2. The Labute approximate surface area is 130 Å². The van der Waals surface area contributed by atoms with Crippen molar-refractivity contribution >= 4 is 17.4 Å². The first-order valence-electron chi connectivity index (χ1n) is 7.43. The zero-order valence-electron chi connectivity index (χ0n) is 13.2. The maximum absolute atomic E-state index is 12.0. The Morgan fingerprint density at radius 2 is 2.24 bits per heavy atom. The van der Waals surface area contributed by atoms with Crippen molar-refractivity contribution in [2.24, 2.45) is 0 Å². The number of alkyl carbamates (subject to hydrolysis) is 1. The highest BCUT2D eigenvalue weighted by molar-refractivity contribution is 7.09. The topological polar surface area (TPSA) is 63.2 Å². The predicted octanol–water partition coefficient (Wildman–Crippen LogP) is 3.24. The van der Waals surface area contributed by atoms with Crippen molar-refractivity contribution < 1.29 is 9.53 Å². The van der Waals surface area contributed by atoms with E-state index in [1.807, 2.05) is 32.5 Å². The van der Waals surface area contributed by atoms with E-state index in [1.54, 1.807) is 11.3 Å². The Kier molecular flexibility index (Phi) is 4.88. The fourth-order valence-electron chi connectivity index (χ4n) is 2.36. The van der Waals surface area contributed by atoms with Crippen LogP contribution >= 0.6 is 11.3 Å². The molecule has 0 radical (unpaired) electrons. The summed E-state index contributed by atoms with van der Waals surface area (Å²) in [5.74, 6) is 0. The number of amides is 1. The third-order valence-electron chi connectivity index (χ3n) is 3.70. The highest BCUT2D eigenvalue weighted by atomic mass is 32.1. The largest absolute Gasteiger partial charge is 0.444 e. The monoisotopic (exact) mass is 311 g/mol. The first kappa shape index (κ1) is 16.2. The number of hydrogen-bond acceptors (Lipinski definition) is 5. The number of nitrogens with zero attached hydrogens (tertiary/aromatic N) is 1. The highest BCUT2D eigenvalue weighted by Crippen LogP contribution is 2.32. The molecule has 5 nitrogen and oxygen atoms in total. The molecule has 118 valence electrons. The van der Waals surface area contributed by atoms with Gasteiger partial charge in [0.25, 0.3) is 0 Å². The molecule has 1 unspecified atom stereocenters. The van der Waals surface area contributed by atoms with Crippen LogP contribution in [0.2, 0.25) is 0 Å². The number of thiazole rings is 1. The van der Waals surface area contributed by atoms with Crippen LogP contribution in [0.25, 0.3) is 0 Å². The van der Waals surface area contributed by atoms with Crippen molar-refractivity contribution in [3.05, 3.63) is 16.6 Å². The zero-order chi connectivity index (χ0) is 15.5. The van der Waals surface area contributed by atoms with Gasteiger partial charge in [-0.15, -0.1) is 11.3 Å². The van der Waals surface area contributed by atoms with Crippen molar-refractivity contribution in [2.75, 3.05) is 6.54 Å². The van der Waals surface area contributed by atoms with Gasteiger partial charge in [-0.3, -0.25) is 4.98 Å². The Balaban J connectivity index is 1.85. The van der Waals surface area contributed by atoms with Crippen molar-refractivity contribution in [1.29, 1.82) is 0 Å². The van der Waals surface area contributed by atoms with Gasteiger partial charge in [0, 0.05) is 23.7 Å². The van der Waals surface area contributed by atoms with E-state index in [2.05, 4.69) is 22.5 Å². The lowest BCUT2D eigenvalue weighted by Crippen LogP contribution is -2.60. The van der Waals surface area contributed by atoms with Crippen LogP contribution in [-0.2, 0) is 4.74 Å². The summed E-state index contributed by atoms with van der Waals surface area (Å²) in [5.41, 5.74) is 1.21. The Bertz CT molecular complexity index is 464. The minimum absolute atomic E-state index is 0.165. The first-order chi connectivity index (χ1) is 9.80. The van der Waals surface area contributed by atoms with Crippen LogP contribution in [0.15, 0.2) is 11.7 Å². The average molecular weight is 311 g/mol. The van der Waals surface area contributed by atoms with Crippen LogP contribution in [0.3, 0.4) is 0 Å². The van der Waals surface area contributed by atoms with Crippen LogP contribution in [-0.4, -0.2) is 28.8 Å². The van der Waals surface area contributed by atoms with Gasteiger partial charge in [0.15, 0.2) is 0 Å². The zero-order valence-corrected chi connectivity index (χ0v) is 14.0. The molecular formula is C15H25N3O2S. The summed E-state index contributed by atoms with van der Waals surface area (Å²) in [6, 6.07) is 0.246. The quantitative estimate of drug-likeness (QED) is 0.876. The van der Waals surface area contributed by atoms with Crippen LogP contribution in [0, 0.1) is 0 Å². The summed E-state index contributed by atoms with van der Waals surface area (Å²) < 4.78 is 5.36. The van der Waals surface area contributed by atoms with Gasteiger partial charge in [0.2, 0.25) is 0 Å². The third kappa shape index (κ3) is 4.68. The van der Waals surface area contributed by atoms with Gasteiger partial charge in [-0.25, -0.2) is 4.79 Å². The van der Waals surface area contributed by atoms with Crippen molar-refractivity contribution in [3.8, 4) is 0 Å². The van der Waals surface area contributed by atoms with Crippen LogP contribution in [0.1, 0.15) is 57.9 Å². The lowest BCUT2D eigenvalue weighted by Gasteiger charge is -2.43. The van der Waals surface area contributed by atoms with Crippen LogP contribution in [0.4, 0.5) is 4.79 Å². The number of carbonyl (C=O) groups excluding carboxylic acids is 1. The third-order valence-corrected chi connectivity index (χ3v) is 4.66. The fourth-order valence-corrected chi connectivity index (χ4v) is 3.01. The molecule has 0 spiro atoms. The number of hydrogen-bond donors (Lipinski definition) is 2. The van der Waals surface area contributed by atoms with Gasteiger partial charge >= 0.3 is 6.09 Å². The molecule has 1 aliphatic carbocycles. The molecule has 0 bridgehead atoms. The second-order valence-corrected chi connectivity index (χ2v) is 7.69. The van der Waals surface area contributed by atoms with E-state index in [4.69, 9.17) is 4.74 Å². The molecule has 1 aliphatic rings. The molecule has 2 rings (SSSR count). The van der Waals surface area contributed by atoms with E-state index in [1.165, 1.54) is 4.88 Å². The minimum atomic E-state index is -0.460. The molecule has 0 aliphatic heterocycles. The second-order valence-electron chi connectivity index (χ2n) is 6.77. The highest BCUT2D eigenvalue weighted by Gasteiger charge is 2.39. The van der Waals surface area contributed by atoms with Crippen molar-refractivity contribution in [1.82, 2.24) is 15.6 Å². The van der Waals surface area contributed by atoms with E-state index >= 15 is 0 Å². The molecule has 0 saturated heterocycles. The lowest BCUT2D eigenvalue weighted by atomic mass is 9.76. The van der Waals surface area contributed by atoms with Gasteiger partial charge in [-0.1, -0.05) is 0 Å². The van der Waals surface area contributed by atoms with Gasteiger partial charge in [0.1, 0.15) is 5.60 Å². The SMILES string of the molecule is CC(NCC1(NC(=O)OC(C)(C)C)CCC1)c1cncs1. The molecule has 1 amide bonds. The molecular weight excluding hydrogens is 286 g/mol. The average Bonchev–Trinajstić information content (AvgIpc) is 2.83. The molecule has 2 N–H and O–H groups in total. The number of aromatic nitrogens is 1. The molecule has 1 atom stereocenters. The number of ether oxygens (including phenoxy) is 1. The summed E-state index contributed by atoms with van der Waals surface area (Å²) in [4.78, 5) is 17.3. The molecule has 1 heterocycles. The molecule has 0 aromatic carbocycles. The lowest BCUT2D eigenvalue weighted by molar-refractivity contribution is 0.0379. The molecule has 1 saturated carbocycles. The number of carbonyl (C=O) groups is 1. The molecule has 6 heteroatoms. The maximum atomic E-state index is 12.0. The summed E-state index contributed by atoms with van der Waals surface area (Å²) in [6.45, 7) is 8.51. The predicted molar refractivity (Wildman–Crippen MR) is 84.5 cm³/mol. The Hall–Kier alpha value is -1.14. The van der Waals surface area contributed by atoms with Gasteiger partial charge in [-0.2, -0.15) is 0 Å². The smallest absolute Gasteiger partial charge is 0.408 e. The Morgan fingerprint density at radius 1 is 1.52 bits per heavy atom. The molecule has 21 heavy (non-hydrogen) atoms. The van der Waals surface area contributed by atoms with E-state index in [0.29, 0.717) is 0 Å². The summed E-state index contributed by atoms with van der Waals surface area (Å²) in [7, 11) is 0. The minimum Gasteiger partial charge on any atom is -0.444 e. The Morgan fingerprint density at radius 3 is 2.71 bits per heavy atom. The van der Waals surface area contributed by atoms with E-state index in [9.17, 15) is 4.79 Å². The van der Waals surface area contributed by atoms with Crippen molar-refractivity contribution in [2.45, 2.75) is 64.1 Å². The van der Waals surface area contributed by atoms with E-state index < -0.39 is 5.60 Å². The maximum Gasteiger partial charge on any atom is 0.408 e. The fraction of sp³-hybridized carbons (Fsp3) is 0.733. The summed E-state index contributed by atoms with van der Waals surface area (Å²) in [5, 5.41) is 6.55. The molecule has 1 aromatic rings. The van der Waals surface area contributed by atoms with E-state index in [-0.39, 0.29) is 17.7 Å². The standard InChI is InChI=1S/C15H25N3O2S/c1-11(12-8-16-10-21-12)17-9-15(6-5-7-15)18-13(19)20-14(2,3)4/h8,10-11,17H,5-7,9H2,1-4H3,(H,18,19). The van der Waals surface area contributed by atoms with Gasteiger partial charge < -0.3 is 15.4 Å². The van der Waals surface area contributed by atoms with E-state index in [0.717, 1.165) is 25.8 Å². The summed E-state index contributed by atoms with van der Waals surface area (Å²) >= 11 is 1.64. The van der Waals surface area contributed by atoms with Crippen molar-refractivity contribution in [3.63, 3.8) is 0 Å². The van der Waals surface area contributed by atoms with Crippen LogP contribution < -0.4 is 10.6 Å². The number of rotatable bonds is 5. The molecule has 1 fully saturated rings. The summed E-state index contributed by atoms with van der Waals surface area (Å²) in [6.07, 6.45) is 4.70. The second kappa shape index (κ2) is 6.32. The molecule has 1 aromatic heterocycles. The van der Waals surface area contributed by atoms with Gasteiger partial charge in [0.05, 0.1) is 11.0 Å². The first-order valence-corrected chi connectivity index (χ1v) is 8.31.